The Balaban J connectivity index is 2.53. The molecule has 1 N–H and O–H groups in total. The molecule has 21 heavy (non-hydrogen) atoms. The minimum absolute atomic E-state index is 0.178. The molecule has 116 valence electrons. The maximum atomic E-state index is 13.9. The van der Waals surface area contributed by atoms with Crippen LogP contribution in [0.1, 0.15) is 13.8 Å². The second-order valence-electron chi connectivity index (χ2n) is 5.44. The molecule has 1 fully saturated rings. The van der Waals surface area contributed by atoms with Crippen molar-refractivity contribution in [1.82, 2.24) is 9.62 Å². The minimum atomic E-state index is -4.14. The van der Waals surface area contributed by atoms with E-state index < -0.39 is 36.9 Å². The highest BCUT2D eigenvalue weighted by Crippen LogP contribution is 2.29. The maximum Gasteiger partial charge on any atom is 0.270 e. The number of hydrogen-bond acceptors (Lipinski definition) is 5. The van der Waals surface area contributed by atoms with Gasteiger partial charge in [-0.2, -0.15) is 4.31 Å². The van der Waals surface area contributed by atoms with E-state index in [1.54, 1.807) is 13.8 Å². The lowest BCUT2D eigenvalue weighted by molar-refractivity contribution is -0.385. The van der Waals surface area contributed by atoms with Crippen LogP contribution in [-0.2, 0) is 10.0 Å². The van der Waals surface area contributed by atoms with E-state index in [2.05, 4.69) is 5.32 Å². The summed E-state index contributed by atoms with van der Waals surface area (Å²) >= 11 is 0. The van der Waals surface area contributed by atoms with E-state index >= 15 is 0 Å². The summed E-state index contributed by atoms with van der Waals surface area (Å²) in [6.45, 7) is 4.47. The van der Waals surface area contributed by atoms with Crippen molar-refractivity contribution in [3.05, 3.63) is 34.1 Å². The minimum Gasteiger partial charge on any atom is -0.314 e. The Kier molecular flexibility index (Phi) is 4.00. The fraction of sp³-hybridized carbons (Fsp3) is 0.500. The standard InChI is InChI=1S/C12H16FN3O4S/c1-12(2)8-14-5-6-15(12)21(19,20)11-7-9(16(17)18)3-4-10(11)13/h3-4,7,14H,5-6,8H2,1-2H3. The van der Waals surface area contributed by atoms with Crippen LogP contribution in [0.5, 0.6) is 0 Å². The number of rotatable bonds is 3. The van der Waals surface area contributed by atoms with Crippen molar-refractivity contribution in [1.29, 1.82) is 0 Å². The number of nitro groups is 1. The molecule has 0 atom stereocenters. The fourth-order valence-corrected chi connectivity index (χ4v) is 4.20. The van der Waals surface area contributed by atoms with Crippen LogP contribution in [0.25, 0.3) is 0 Å². The average molecular weight is 317 g/mol. The van der Waals surface area contributed by atoms with Crippen molar-refractivity contribution >= 4 is 15.7 Å². The van der Waals surface area contributed by atoms with Gasteiger partial charge in [0.05, 0.1) is 4.92 Å². The molecule has 0 unspecified atom stereocenters. The predicted molar refractivity (Wildman–Crippen MR) is 73.9 cm³/mol. The summed E-state index contributed by atoms with van der Waals surface area (Å²) in [6, 6.07) is 2.51. The van der Waals surface area contributed by atoms with E-state index in [4.69, 9.17) is 0 Å². The summed E-state index contributed by atoms with van der Waals surface area (Å²) in [5.74, 6) is -0.991. The molecule has 7 nitrogen and oxygen atoms in total. The predicted octanol–water partition coefficient (Wildman–Crippen LogP) is 1.11. The van der Waals surface area contributed by atoms with E-state index in [0.29, 0.717) is 13.1 Å². The zero-order chi connectivity index (χ0) is 15.8. The molecule has 9 heteroatoms. The van der Waals surface area contributed by atoms with Crippen molar-refractivity contribution in [3.8, 4) is 0 Å². The van der Waals surface area contributed by atoms with Gasteiger partial charge in [0.2, 0.25) is 10.0 Å². The van der Waals surface area contributed by atoms with Crippen LogP contribution in [-0.4, -0.2) is 42.8 Å². The SMILES string of the molecule is CC1(C)CNCCN1S(=O)(=O)c1cc([N+](=O)[O-])ccc1F. The number of non-ortho nitro benzene ring substituents is 1. The molecule has 0 amide bonds. The van der Waals surface area contributed by atoms with E-state index in [1.165, 1.54) is 4.31 Å². The normalized spacial score (nSPS) is 19.4. The van der Waals surface area contributed by atoms with Gasteiger partial charge in [-0.25, -0.2) is 12.8 Å². The molecule has 1 aliphatic rings. The highest BCUT2D eigenvalue weighted by atomic mass is 32.2. The molecule has 1 heterocycles. The van der Waals surface area contributed by atoms with Gasteiger partial charge >= 0.3 is 0 Å². The molecule has 1 aliphatic heterocycles. The average Bonchev–Trinajstić information content (AvgIpc) is 2.37. The Labute approximate surface area is 122 Å². The quantitative estimate of drug-likeness (QED) is 0.666. The van der Waals surface area contributed by atoms with Crippen molar-refractivity contribution in [2.75, 3.05) is 19.6 Å². The lowest BCUT2D eigenvalue weighted by Gasteiger charge is -2.41. The summed E-state index contributed by atoms with van der Waals surface area (Å²) in [4.78, 5) is 9.35. The van der Waals surface area contributed by atoms with Crippen LogP contribution in [0.4, 0.5) is 10.1 Å². The van der Waals surface area contributed by atoms with Crippen LogP contribution < -0.4 is 5.32 Å². The van der Waals surface area contributed by atoms with Gasteiger partial charge < -0.3 is 5.32 Å². The summed E-state index contributed by atoms with van der Waals surface area (Å²) in [6.07, 6.45) is 0. The smallest absolute Gasteiger partial charge is 0.270 e. The number of hydrogen-bond donors (Lipinski definition) is 1. The largest absolute Gasteiger partial charge is 0.314 e. The number of benzene rings is 1. The zero-order valence-corrected chi connectivity index (χ0v) is 12.5. The third-order valence-electron chi connectivity index (χ3n) is 3.42. The second-order valence-corrected chi connectivity index (χ2v) is 7.27. The zero-order valence-electron chi connectivity index (χ0n) is 11.7. The summed E-state index contributed by atoms with van der Waals surface area (Å²) in [7, 11) is -4.14. The number of nitrogens with zero attached hydrogens (tertiary/aromatic N) is 2. The first-order valence-electron chi connectivity index (χ1n) is 6.34. The van der Waals surface area contributed by atoms with E-state index in [1.807, 2.05) is 0 Å². The first-order chi connectivity index (χ1) is 9.66. The first kappa shape index (κ1) is 15.8. The Bertz CT molecular complexity index is 675. The van der Waals surface area contributed by atoms with E-state index in [-0.39, 0.29) is 6.54 Å². The van der Waals surface area contributed by atoms with Gasteiger partial charge in [-0.3, -0.25) is 10.1 Å². The Morgan fingerprint density at radius 2 is 2.10 bits per heavy atom. The Morgan fingerprint density at radius 1 is 1.43 bits per heavy atom. The molecular weight excluding hydrogens is 301 g/mol. The number of nitro benzene ring substituents is 1. The van der Waals surface area contributed by atoms with Gasteiger partial charge in [0.25, 0.3) is 5.69 Å². The van der Waals surface area contributed by atoms with Crippen molar-refractivity contribution in [2.24, 2.45) is 0 Å². The third-order valence-corrected chi connectivity index (χ3v) is 5.54. The topological polar surface area (TPSA) is 92.6 Å². The van der Waals surface area contributed by atoms with Crippen LogP contribution in [0.3, 0.4) is 0 Å². The molecule has 2 rings (SSSR count). The van der Waals surface area contributed by atoms with Crippen LogP contribution in [0, 0.1) is 15.9 Å². The Morgan fingerprint density at radius 3 is 2.67 bits per heavy atom. The van der Waals surface area contributed by atoms with Gasteiger partial charge in [-0.05, 0) is 19.9 Å². The molecule has 0 spiro atoms. The lowest BCUT2D eigenvalue weighted by Crippen LogP contribution is -2.59. The van der Waals surface area contributed by atoms with Crippen LogP contribution in [0.2, 0.25) is 0 Å². The molecule has 1 aromatic carbocycles. The van der Waals surface area contributed by atoms with Crippen molar-refractivity contribution in [3.63, 3.8) is 0 Å². The van der Waals surface area contributed by atoms with E-state index in [9.17, 15) is 22.9 Å². The molecule has 0 radical (unpaired) electrons. The number of nitrogens with one attached hydrogen (secondary N) is 1. The molecule has 0 saturated carbocycles. The lowest BCUT2D eigenvalue weighted by atomic mass is 10.0. The second kappa shape index (κ2) is 5.32. The summed E-state index contributed by atoms with van der Waals surface area (Å²) in [5.41, 5.74) is -1.20. The highest BCUT2D eigenvalue weighted by Gasteiger charge is 2.40. The van der Waals surface area contributed by atoms with Gasteiger partial charge in [-0.15, -0.1) is 0 Å². The Hall–Kier alpha value is -1.58. The van der Waals surface area contributed by atoms with E-state index in [0.717, 1.165) is 18.2 Å². The third kappa shape index (κ3) is 2.89. The van der Waals surface area contributed by atoms with Crippen LogP contribution in [0.15, 0.2) is 23.1 Å². The van der Waals surface area contributed by atoms with Gasteiger partial charge in [0, 0.05) is 37.3 Å². The molecule has 0 aliphatic carbocycles. The maximum absolute atomic E-state index is 13.9. The summed E-state index contributed by atoms with van der Waals surface area (Å²) < 4.78 is 40.3. The summed E-state index contributed by atoms with van der Waals surface area (Å²) in [5, 5.41) is 13.8. The molecular formula is C12H16FN3O4S. The first-order valence-corrected chi connectivity index (χ1v) is 7.78. The van der Waals surface area contributed by atoms with Gasteiger partial charge in [0.1, 0.15) is 10.7 Å². The molecule has 0 aromatic heterocycles. The number of piperazine rings is 1. The van der Waals surface area contributed by atoms with Gasteiger partial charge in [0.15, 0.2) is 0 Å². The van der Waals surface area contributed by atoms with Crippen molar-refractivity contribution in [2.45, 2.75) is 24.3 Å². The molecule has 1 aromatic rings. The fourth-order valence-electron chi connectivity index (χ4n) is 2.33. The number of sulfonamides is 1. The molecule has 1 saturated heterocycles. The van der Waals surface area contributed by atoms with Crippen molar-refractivity contribution < 1.29 is 17.7 Å². The monoisotopic (exact) mass is 317 g/mol. The number of halogens is 1. The van der Waals surface area contributed by atoms with Crippen LogP contribution >= 0.6 is 0 Å². The molecule has 0 bridgehead atoms. The van der Waals surface area contributed by atoms with Gasteiger partial charge in [-0.1, -0.05) is 0 Å². The highest BCUT2D eigenvalue weighted by molar-refractivity contribution is 7.89.